The number of aliphatic hydroxyl groups is 2. The number of carboxylic acid groups (broad SMARTS) is 1. The molecule has 4 aromatic rings. The van der Waals surface area contributed by atoms with Crippen molar-refractivity contribution in [3.63, 3.8) is 0 Å². The SMILES string of the molecule is COC(=O)C(O)CNC(=O)c1c(Cl)cc(-n2cnc(C)n2)cc1Cl.Cc1ncn(-c2cc(Cl)c(C(=O)NCC(O)C(=O)O)c(Cl)c2)n1. The number of nitrogens with one attached hydrogen (secondary N) is 2. The lowest BCUT2D eigenvalue weighted by Gasteiger charge is -2.12. The Morgan fingerprint density at radius 2 is 1.11 bits per heavy atom. The van der Waals surface area contributed by atoms with Crippen LogP contribution in [0.2, 0.25) is 20.1 Å². The van der Waals surface area contributed by atoms with Crippen LogP contribution < -0.4 is 10.6 Å². The lowest BCUT2D eigenvalue weighted by atomic mass is 10.2. The fourth-order valence-electron chi connectivity index (χ4n) is 3.62. The van der Waals surface area contributed by atoms with E-state index in [4.69, 9.17) is 56.6 Å². The number of carbonyl (C=O) groups is 4. The largest absolute Gasteiger partial charge is 0.479 e. The van der Waals surface area contributed by atoms with Crippen molar-refractivity contribution in [1.82, 2.24) is 40.2 Å². The normalized spacial score (nSPS) is 11.9. The van der Waals surface area contributed by atoms with Crippen molar-refractivity contribution in [3.05, 3.63) is 79.8 Å². The fourth-order valence-corrected chi connectivity index (χ4v) is 4.91. The molecule has 0 spiro atoms. The standard InChI is InChI=1S/C14H14Cl2N4O4.C13H12Cl2N4O4/c1-7-18-6-20(19-7)8-3-9(15)12(10(16)4-8)13(22)17-5-11(21)14(23)24-2;1-6-17-5-19(18-6)7-2-8(14)11(9(15)3-7)12(21)16-4-10(20)13(22)23/h3-4,6,11,21H,5H2,1-2H3,(H,17,22);2-3,5,10,20H,4H2,1H3,(H,16,21)(H,22,23). The van der Waals surface area contributed by atoms with E-state index in [9.17, 15) is 24.3 Å². The van der Waals surface area contributed by atoms with Crippen molar-refractivity contribution in [2.45, 2.75) is 26.1 Å². The Bertz CT molecular complexity index is 1750. The first-order chi connectivity index (χ1) is 22.1. The first-order valence-corrected chi connectivity index (χ1v) is 14.6. The third kappa shape index (κ3) is 9.84. The highest BCUT2D eigenvalue weighted by atomic mass is 35.5. The van der Waals surface area contributed by atoms with Gasteiger partial charge in [0.05, 0.1) is 62.8 Å². The second kappa shape index (κ2) is 16.5. The zero-order chi connectivity index (χ0) is 35.0. The Balaban J connectivity index is 0.000000256. The maximum atomic E-state index is 12.2. The maximum Gasteiger partial charge on any atom is 0.336 e. The van der Waals surface area contributed by atoms with E-state index in [2.05, 4.69) is 35.5 Å². The summed E-state index contributed by atoms with van der Waals surface area (Å²) in [4.78, 5) is 53.8. The number of carboxylic acids is 1. The van der Waals surface area contributed by atoms with Gasteiger partial charge in [-0.25, -0.2) is 28.9 Å². The molecule has 2 aromatic heterocycles. The molecule has 2 amide bonds. The summed E-state index contributed by atoms with van der Waals surface area (Å²) in [5, 5.41) is 40.4. The van der Waals surface area contributed by atoms with Crippen LogP contribution in [0.3, 0.4) is 0 Å². The molecule has 0 radical (unpaired) electrons. The summed E-state index contributed by atoms with van der Waals surface area (Å²) < 4.78 is 7.27. The van der Waals surface area contributed by atoms with E-state index in [0.717, 1.165) is 7.11 Å². The van der Waals surface area contributed by atoms with Gasteiger partial charge in [-0.2, -0.15) is 10.2 Å². The molecule has 0 fully saturated rings. The van der Waals surface area contributed by atoms with Crippen LogP contribution in [-0.2, 0) is 14.3 Å². The number of benzene rings is 2. The Labute approximate surface area is 286 Å². The number of hydrogen-bond donors (Lipinski definition) is 5. The van der Waals surface area contributed by atoms with Crippen LogP contribution in [0.25, 0.3) is 11.4 Å². The molecule has 0 saturated heterocycles. The van der Waals surface area contributed by atoms with Crippen LogP contribution in [0, 0.1) is 13.8 Å². The van der Waals surface area contributed by atoms with E-state index < -0.39 is 42.5 Å². The number of esters is 1. The summed E-state index contributed by atoms with van der Waals surface area (Å²) in [5.41, 5.74) is 1.06. The second-order valence-electron chi connectivity index (χ2n) is 9.35. The number of aliphatic carboxylic acids is 1. The van der Waals surface area contributed by atoms with Gasteiger partial charge in [-0.05, 0) is 38.1 Å². The zero-order valence-corrected chi connectivity index (χ0v) is 27.6. The maximum absolute atomic E-state index is 12.2. The minimum Gasteiger partial charge on any atom is -0.479 e. The number of rotatable bonds is 10. The fraction of sp³-hybridized carbons (Fsp3) is 0.259. The molecular weight excluding hydrogens is 706 g/mol. The van der Waals surface area contributed by atoms with Crippen molar-refractivity contribution in [3.8, 4) is 11.4 Å². The van der Waals surface area contributed by atoms with Crippen LogP contribution in [0.4, 0.5) is 0 Å². The molecule has 47 heavy (non-hydrogen) atoms. The van der Waals surface area contributed by atoms with Crippen LogP contribution in [0.5, 0.6) is 0 Å². The summed E-state index contributed by atoms with van der Waals surface area (Å²) in [6.07, 6.45) is -0.229. The number of carbonyl (C=O) groups excluding carboxylic acids is 3. The van der Waals surface area contributed by atoms with Gasteiger partial charge >= 0.3 is 11.9 Å². The molecule has 4 rings (SSSR count). The summed E-state index contributed by atoms with van der Waals surface area (Å²) >= 11 is 24.4. The van der Waals surface area contributed by atoms with Gasteiger partial charge < -0.3 is 30.7 Å². The van der Waals surface area contributed by atoms with Gasteiger partial charge in [-0.1, -0.05) is 46.4 Å². The van der Waals surface area contributed by atoms with Gasteiger partial charge in [0.25, 0.3) is 11.8 Å². The smallest absolute Gasteiger partial charge is 0.336 e. The first-order valence-electron chi connectivity index (χ1n) is 13.1. The number of ether oxygens (including phenoxy) is 1. The number of aliphatic hydroxyl groups excluding tert-OH is 2. The topological polar surface area (TPSA) is 224 Å². The van der Waals surface area contributed by atoms with Crippen molar-refractivity contribution in [2.75, 3.05) is 20.2 Å². The average molecular weight is 732 g/mol. The molecule has 2 atom stereocenters. The molecule has 250 valence electrons. The minimum absolute atomic E-state index is 0.0218. The van der Waals surface area contributed by atoms with Gasteiger partial charge in [0.15, 0.2) is 12.2 Å². The van der Waals surface area contributed by atoms with Gasteiger partial charge in [0.2, 0.25) is 0 Å². The molecule has 2 unspecified atom stereocenters. The van der Waals surface area contributed by atoms with E-state index in [0.29, 0.717) is 23.0 Å². The lowest BCUT2D eigenvalue weighted by Crippen LogP contribution is -2.37. The number of aryl methyl sites for hydroxylation is 2. The molecular formula is C27H26Cl4N8O8. The predicted octanol–water partition coefficient (Wildman–Crippen LogP) is 2.20. The average Bonchev–Trinajstić information content (AvgIpc) is 3.65. The zero-order valence-electron chi connectivity index (χ0n) is 24.6. The van der Waals surface area contributed by atoms with Gasteiger partial charge in [-0.3, -0.25) is 9.59 Å². The number of aromatic nitrogens is 6. The summed E-state index contributed by atoms with van der Waals surface area (Å²) in [6, 6.07) is 5.97. The van der Waals surface area contributed by atoms with Crippen LogP contribution in [0.1, 0.15) is 32.4 Å². The monoisotopic (exact) mass is 730 g/mol. The van der Waals surface area contributed by atoms with Crippen LogP contribution >= 0.6 is 46.4 Å². The van der Waals surface area contributed by atoms with Crippen molar-refractivity contribution < 1.29 is 39.2 Å². The number of halogens is 4. The quantitative estimate of drug-likeness (QED) is 0.148. The summed E-state index contributed by atoms with van der Waals surface area (Å²) in [7, 11) is 1.13. The Kier molecular flexibility index (Phi) is 13.0. The predicted molar refractivity (Wildman–Crippen MR) is 169 cm³/mol. The highest BCUT2D eigenvalue weighted by Gasteiger charge is 2.22. The molecule has 20 heteroatoms. The Morgan fingerprint density at radius 3 is 1.40 bits per heavy atom. The van der Waals surface area contributed by atoms with Gasteiger partial charge in [0, 0.05) is 0 Å². The lowest BCUT2D eigenvalue weighted by molar-refractivity contribution is -0.150. The summed E-state index contributed by atoms with van der Waals surface area (Å²) in [5.74, 6) is -2.50. The molecule has 0 bridgehead atoms. The second-order valence-corrected chi connectivity index (χ2v) is 11.0. The Hall–Kier alpha value is -4.32. The van der Waals surface area contributed by atoms with E-state index in [1.54, 1.807) is 13.8 Å². The molecule has 0 aliphatic carbocycles. The first kappa shape index (κ1) is 37.1. The molecule has 0 saturated carbocycles. The van der Waals surface area contributed by atoms with Gasteiger partial charge in [0.1, 0.15) is 24.3 Å². The molecule has 0 aliphatic heterocycles. The Morgan fingerprint density at radius 1 is 0.745 bits per heavy atom. The van der Waals surface area contributed by atoms with E-state index in [1.807, 2.05) is 0 Å². The van der Waals surface area contributed by atoms with Crippen molar-refractivity contribution >= 4 is 70.2 Å². The van der Waals surface area contributed by atoms with E-state index in [1.165, 1.54) is 46.3 Å². The molecule has 16 nitrogen and oxygen atoms in total. The van der Waals surface area contributed by atoms with Crippen molar-refractivity contribution in [2.24, 2.45) is 0 Å². The number of methoxy groups -OCH3 is 1. The van der Waals surface area contributed by atoms with Gasteiger partial charge in [-0.15, -0.1) is 0 Å². The summed E-state index contributed by atoms with van der Waals surface area (Å²) in [6.45, 7) is 2.65. The van der Waals surface area contributed by atoms with E-state index in [-0.39, 0.29) is 37.8 Å². The van der Waals surface area contributed by atoms with Crippen LogP contribution in [0.15, 0.2) is 36.9 Å². The van der Waals surface area contributed by atoms with E-state index >= 15 is 0 Å². The number of nitrogens with zero attached hydrogens (tertiary/aromatic N) is 6. The third-order valence-electron chi connectivity index (χ3n) is 5.92. The minimum atomic E-state index is -1.71. The molecule has 0 aliphatic rings. The van der Waals surface area contributed by atoms with Crippen molar-refractivity contribution in [1.29, 1.82) is 0 Å². The number of amides is 2. The molecule has 2 heterocycles. The van der Waals surface area contributed by atoms with Crippen LogP contribution in [-0.4, -0.2) is 101 Å². The highest BCUT2D eigenvalue weighted by molar-refractivity contribution is 6.40. The molecule has 5 N–H and O–H groups in total. The molecule has 2 aromatic carbocycles. The third-order valence-corrected chi connectivity index (χ3v) is 7.11. The number of hydrogen-bond acceptors (Lipinski definition) is 11. The highest BCUT2D eigenvalue weighted by Crippen LogP contribution is 2.29.